The van der Waals surface area contributed by atoms with E-state index >= 15 is 0 Å². The van der Waals surface area contributed by atoms with Crippen molar-refractivity contribution in [3.05, 3.63) is 71.8 Å². The Hall–Kier alpha value is -2.62. The molecule has 4 heteroatoms. The topological polar surface area (TPSA) is 49.4 Å². The minimum absolute atomic E-state index is 0.0583. The average molecular weight is 499 g/mol. The first kappa shape index (κ1) is 24.7. The maximum absolute atomic E-state index is 14.0. The molecule has 1 heterocycles. The molecule has 3 aliphatic carbocycles. The first-order chi connectivity index (χ1) is 17.8. The molecule has 0 radical (unpaired) electrons. The molecule has 4 aliphatic rings. The molecule has 1 aliphatic heterocycles. The lowest BCUT2D eigenvalue weighted by Crippen LogP contribution is -2.61. The molecule has 3 saturated carbocycles. The number of benzene rings is 2. The Morgan fingerprint density at radius 1 is 0.838 bits per heavy atom. The van der Waals surface area contributed by atoms with Gasteiger partial charge >= 0.3 is 0 Å². The van der Waals surface area contributed by atoms with E-state index < -0.39 is 0 Å². The summed E-state index contributed by atoms with van der Waals surface area (Å²) in [7, 11) is 2.03. The molecule has 2 aromatic carbocycles. The highest BCUT2D eigenvalue weighted by molar-refractivity contribution is 5.81. The number of amides is 2. The molecule has 6 rings (SSSR count). The highest BCUT2D eigenvalue weighted by Gasteiger charge is 2.62. The van der Waals surface area contributed by atoms with Crippen LogP contribution in [0.25, 0.3) is 0 Å². The summed E-state index contributed by atoms with van der Waals surface area (Å²) in [5.41, 5.74) is 2.54. The van der Waals surface area contributed by atoms with E-state index in [1.54, 1.807) is 0 Å². The van der Waals surface area contributed by atoms with Crippen LogP contribution >= 0.6 is 0 Å². The molecule has 7 atom stereocenters. The summed E-state index contributed by atoms with van der Waals surface area (Å²) in [6.07, 6.45) is 8.51. The minimum Gasteiger partial charge on any atom is -0.345 e. The zero-order chi connectivity index (χ0) is 25.8. The number of likely N-dealkylation sites (tertiary alicyclic amines) is 1. The van der Waals surface area contributed by atoms with Gasteiger partial charge in [0.05, 0.1) is 6.04 Å². The number of hydrogen-bond donors (Lipinski definition) is 1. The van der Waals surface area contributed by atoms with Crippen LogP contribution in [0.2, 0.25) is 0 Å². The van der Waals surface area contributed by atoms with E-state index in [0.717, 1.165) is 43.2 Å². The summed E-state index contributed by atoms with van der Waals surface area (Å²) in [6, 6.07) is 21.0. The molecule has 1 saturated heterocycles. The zero-order valence-electron chi connectivity index (χ0n) is 22.7. The van der Waals surface area contributed by atoms with Gasteiger partial charge in [-0.25, -0.2) is 0 Å². The number of carbonyl (C=O) groups excluding carboxylic acids is 2. The summed E-state index contributed by atoms with van der Waals surface area (Å²) in [4.78, 5) is 28.6. The lowest BCUT2D eigenvalue weighted by molar-refractivity contribution is -0.159. The quantitative estimate of drug-likeness (QED) is 0.532. The lowest BCUT2D eigenvalue weighted by Gasteiger charge is -2.61. The number of piperidine rings is 1. The largest absolute Gasteiger partial charge is 0.345 e. The van der Waals surface area contributed by atoms with Crippen molar-refractivity contribution in [2.75, 3.05) is 7.05 Å². The summed E-state index contributed by atoms with van der Waals surface area (Å²) in [5.74, 6) is 2.57. The second kappa shape index (κ2) is 9.29. The highest BCUT2D eigenvalue weighted by atomic mass is 16.2. The molecule has 37 heavy (non-hydrogen) atoms. The van der Waals surface area contributed by atoms with Crippen molar-refractivity contribution < 1.29 is 9.59 Å². The van der Waals surface area contributed by atoms with Gasteiger partial charge < -0.3 is 10.2 Å². The Kier molecular flexibility index (Phi) is 6.20. The van der Waals surface area contributed by atoms with E-state index in [4.69, 9.17) is 0 Å². The van der Waals surface area contributed by atoms with Crippen LogP contribution in [-0.2, 0) is 9.59 Å². The fourth-order valence-electron chi connectivity index (χ4n) is 9.47. The number of nitrogens with zero attached hydrogens (tertiary/aromatic N) is 1. The number of nitrogens with one attached hydrogen (secondary N) is 1. The number of fused-ring (bicyclic) bond motifs is 5. The predicted molar refractivity (Wildman–Crippen MR) is 147 cm³/mol. The maximum atomic E-state index is 14.0. The smallest absolute Gasteiger partial charge is 0.224 e. The molecule has 196 valence electrons. The van der Waals surface area contributed by atoms with Gasteiger partial charge in [0.15, 0.2) is 0 Å². The number of rotatable bonds is 4. The van der Waals surface area contributed by atoms with E-state index in [1.165, 1.54) is 12.8 Å². The Bertz CT molecular complexity index is 1110. The van der Waals surface area contributed by atoms with Crippen LogP contribution in [0.1, 0.15) is 82.4 Å². The summed E-state index contributed by atoms with van der Waals surface area (Å²) < 4.78 is 0. The molecule has 1 N–H and O–H groups in total. The van der Waals surface area contributed by atoms with E-state index in [2.05, 4.69) is 72.6 Å². The van der Waals surface area contributed by atoms with Gasteiger partial charge in [0.1, 0.15) is 0 Å². The average Bonchev–Trinajstić information content (AvgIpc) is 3.28. The van der Waals surface area contributed by atoms with E-state index in [0.29, 0.717) is 36.1 Å². The van der Waals surface area contributed by atoms with E-state index in [-0.39, 0.29) is 28.7 Å². The van der Waals surface area contributed by atoms with Crippen LogP contribution < -0.4 is 5.32 Å². The van der Waals surface area contributed by atoms with Crippen LogP contribution in [-0.4, -0.2) is 29.8 Å². The van der Waals surface area contributed by atoms with Gasteiger partial charge in [-0.1, -0.05) is 74.5 Å². The van der Waals surface area contributed by atoms with E-state index in [9.17, 15) is 9.59 Å². The second-order valence-corrected chi connectivity index (χ2v) is 12.9. The van der Waals surface area contributed by atoms with Crippen LogP contribution in [0.4, 0.5) is 0 Å². The van der Waals surface area contributed by atoms with Gasteiger partial charge in [0.2, 0.25) is 11.8 Å². The van der Waals surface area contributed by atoms with Crippen molar-refractivity contribution in [2.45, 2.75) is 77.3 Å². The van der Waals surface area contributed by atoms with Crippen molar-refractivity contribution in [2.24, 2.45) is 34.5 Å². The van der Waals surface area contributed by atoms with Gasteiger partial charge in [-0.3, -0.25) is 9.59 Å². The number of hydrogen-bond acceptors (Lipinski definition) is 2. The third-order valence-corrected chi connectivity index (χ3v) is 11.4. The normalized spacial score (nSPS) is 37.0. The van der Waals surface area contributed by atoms with Gasteiger partial charge in [0.25, 0.3) is 0 Å². The maximum Gasteiger partial charge on any atom is 0.224 e. The van der Waals surface area contributed by atoms with E-state index in [1.807, 2.05) is 19.2 Å². The van der Waals surface area contributed by atoms with Gasteiger partial charge in [-0.05, 0) is 84.7 Å². The second-order valence-electron chi connectivity index (χ2n) is 12.9. The Balaban J connectivity index is 1.23. The standard InChI is InChI=1S/C33H42N2O2/c1-32-20-18-26-24(14-17-28-33(26,2)21-19-29(36)35(28)3)25(32)15-16-27(32)31(37)34-30(22-10-6-4-7-11-22)23-12-8-5-9-13-23/h4-13,24-28,30H,14-21H2,1-3H3,(H,34,37)/t24-,25-,26+,27?,28?,32-,33+/m0/s1. The molecule has 2 unspecified atom stereocenters. The highest BCUT2D eigenvalue weighted by Crippen LogP contribution is 2.66. The van der Waals surface area contributed by atoms with Crippen molar-refractivity contribution in [3.63, 3.8) is 0 Å². The third kappa shape index (κ3) is 3.94. The molecular formula is C33H42N2O2. The third-order valence-electron chi connectivity index (χ3n) is 11.4. The summed E-state index contributed by atoms with van der Waals surface area (Å²) in [5, 5.41) is 3.50. The van der Waals surface area contributed by atoms with Crippen molar-refractivity contribution >= 4 is 11.8 Å². The van der Waals surface area contributed by atoms with Crippen LogP contribution in [0.15, 0.2) is 60.7 Å². The molecule has 4 nitrogen and oxygen atoms in total. The number of carbonyl (C=O) groups is 2. The fraction of sp³-hybridized carbons (Fsp3) is 0.576. The van der Waals surface area contributed by atoms with Crippen LogP contribution in [0.5, 0.6) is 0 Å². The summed E-state index contributed by atoms with van der Waals surface area (Å²) >= 11 is 0. The van der Waals surface area contributed by atoms with Gasteiger partial charge in [-0.2, -0.15) is 0 Å². The van der Waals surface area contributed by atoms with Crippen molar-refractivity contribution in [3.8, 4) is 0 Å². The molecule has 0 aromatic heterocycles. The Labute approximate surface area is 222 Å². The SMILES string of the molecule is CN1C(=O)CC[C@@]2(C)C1CC[C@@H]1[C@H]2CC[C@]2(C)C(C(=O)NC(c3ccccc3)c3ccccc3)CC[C@@H]12. The monoisotopic (exact) mass is 498 g/mol. The minimum atomic E-state index is -0.126. The predicted octanol–water partition coefficient (Wildman–Crippen LogP) is 6.37. The molecule has 0 spiro atoms. The molecule has 4 fully saturated rings. The Morgan fingerprint density at radius 2 is 1.46 bits per heavy atom. The van der Waals surface area contributed by atoms with Crippen molar-refractivity contribution in [1.29, 1.82) is 0 Å². The zero-order valence-corrected chi connectivity index (χ0v) is 22.7. The first-order valence-corrected chi connectivity index (χ1v) is 14.5. The van der Waals surface area contributed by atoms with Crippen LogP contribution in [0, 0.1) is 34.5 Å². The Morgan fingerprint density at radius 3 is 2.11 bits per heavy atom. The van der Waals surface area contributed by atoms with Gasteiger partial charge in [0, 0.05) is 25.4 Å². The summed E-state index contributed by atoms with van der Waals surface area (Å²) in [6.45, 7) is 4.90. The molecule has 2 amide bonds. The fourth-order valence-corrected chi connectivity index (χ4v) is 9.47. The first-order valence-electron chi connectivity index (χ1n) is 14.5. The van der Waals surface area contributed by atoms with Crippen LogP contribution in [0.3, 0.4) is 0 Å². The molecular weight excluding hydrogens is 456 g/mol. The van der Waals surface area contributed by atoms with Crippen molar-refractivity contribution in [1.82, 2.24) is 10.2 Å². The lowest BCUT2D eigenvalue weighted by atomic mass is 9.47. The molecule has 0 bridgehead atoms. The van der Waals surface area contributed by atoms with Gasteiger partial charge in [-0.15, -0.1) is 0 Å². The molecule has 2 aromatic rings.